The number of fused-ring (bicyclic) bond motifs is 1. The maximum absolute atomic E-state index is 13.2. The second-order valence-corrected chi connectivity index (χ2v) is 9.12. The summed E-state index contributed by atoms with van der Waals surface area (Å²) in [5, 5.41) is 17.1. The van der Waals surface area contributed by atoms with Crippen molar-refractivity contribution in [2.45, 2.75) is 6.92 Å². The molecule has 0 fully saturated rings. The number of halogens is 1. The number of aromatic nitrogens is 1. The number of nitrogens with zero attached hydrogens (tertiary/aromatic N) is 4. The van der Waals surface area contributed by atoms with Crippen molar-refractivity contribution in [3.8, 4) is 5.75 Å². The van der Waals surface area contributed by atoms with E-state index in [1.54, 1.807) is 18.3 Å². The quantitative estimate of drug-likeness (QED) is 0.109. The van der Waals surface area contributed by atoms with Crippen LogP contribution in [0, 0.1) is 10.1 Å². The molecule has 0 radical (unpaired) electrons. The lowest BCUT2D eigenvalue weighted by Crippen LogP contribution is -2.23. The van der Waals surface area contributed by atoms with Crippen LogP contribution in [-0.4, -0.2) is 28.6 Å². The Hall–Kier alpha value is -3.89. The maximum atomic E-state index is 13.2. The van der Waals surface area contributed by atoms with Gasteiger partial charge in [-0.15, -0.1) is 0 Å². The number of carbonyl (C=O) groups excluding carboxylic acids is 1. The van der Waals surface area contributed by atoms with E-state index in [-0.39, 0.29) is 5.69 Å². The molecule has 1 heterocycles. The van der Waals surface area contributed by atoms with E-state index in [2.05, 4.69) is 26.0 Å². The van der Waals surface area contributed by atoms with Crippen LogP contribution in [-0.2, 0) is 4.79 Å². The molecule has 1 amide bonds. The van der Waals surface area contributed by atoms with Crippen molar-refractivity contribution in [2.24, 2.45) is 5.10 Å². The number of benzene rings is 3. The predicted molar refractivity (Wildman–Crippen MR) is 142 cm³/mol. The monoisotopic (exact) mass is 550 g/mol. The van der Waals surface area contributed by atoms with E-state index in [1.165, 1.54) is 40.6 Å². The number of non-ortho nitro benzene ring substituents is 1. The van der Waals surface area contributed by atoms with Crippen LogP contribution in [0.5, 0.6) is 5.75 Å². The van der Waals surface area contributed by atoms with Gasteiger partial charge in [-0.25, -0.2) is 4.98 Å². The number of rotatable bonds is 8. The van der Waals surface area contributed by atoms with Crippen LogP contribution in [0.2, 0.25) is 0 Å². The number of carbonyl (C=O) groups is 1. The lowest BCUT2D eigenvalue weighted by atomic mass is 10.2. The molecule has 0 aliphatic rings. The molecule has 1 aromatic heterocycles. The van der Waals surface area contributed by atoms with Crippen molar-refractivity contribution in [3.63, 3.8) is 0 Å². The number of thiazole rings is 1. The van der Waals surface area contributed by atoms with Crippen LogP contribution in [0.15, 0.2) is 82.4 Å². The van der Waals surface area contributed by atoms with Crippen LogP contribution in [0.25, 0.3) is 16.3 Å². The van der Waals surface area contributed by atoms with Gasteiger partial charge in [0.05, 0.1) is 28.0 Å². The number of ether oxygens (including phenoxy) is 1. The smallest absolute Gasteiger partial charge is 0.273 e. The van der Waals surface area contributed by atoms with Crippen LogP contribution in [0.3, 0.4) is 0 Å². The van der Waals surface area contributed by atoms with E-state index in [9.17, 15) is 14.9 Å². The first kappa shape index (κ1) is 24.2. The number of anilines is 1. The zero-order chi connectivity index (χ0) is 24.8. The van der Waals surface area contributed by atoms with Crippen LogP contribution in [0.4, 0.5) is 10.8 Å². The molecule has 176 valence electrons. The minimum Gasteiger partial charge on any atom is -0.494 e. The molecule has 8 nitrogen and oxygen atoms in total. The van der Waals surface area contributed by atoms with Crippen molar-refractivity contribution in [1.82, 2.24) is 4.98 Å². The molecule has 4 aromatic rings. The van der Waals surface area contributed by atoms with Crippen LogP contribution in [0.1, 0.15) is 18.1 Å². The number of amides is 1. The highest BCUT2D eigenvalue weighted by atomic mass is 79.9. The van der Waals surface area contributed by atoms with Crippen molar-refractivity contribution in [1.29, 1.82) is 0 Å². The lowest BCUT2D eigenvalue weighted by molar-refractivity contribution is -0.384. The van der Waals surface area contributed by atoms with Gasteiger partial charge in [0.1, 0.15) is 5.75 Å². The number of hydrogen-bond donors (Lipinski definition) is 0. The fourth-order valence-corrected chi connectivity index (χ4v) is 4.58. The number of hydrogen-bond acceptors (Lipinski definition) is 7. The van der Waals surface area contributed by atoms with Gasteiger partial charge in [-0.3, -0.25) is 14.9 Å². The average Bonchev–Trinajstić information content (AvgIpc) is 3.27. The summed E-state index contributed by atoms with van der Waals surface area (Å²) in [5.74, 6) is 0.297. The Balaban J connectivity index is 1.65. The molecule has 0 atom stereocenters. The highest BCUT2D eigenvalue weighted by molar-refractivity contribution is 9.10. The van der Waals surface area contributed by atoms with Gasteiger partial charge in [-0.05, 0) is 66.6 Å². The van der Waals surface area contributed by atoms with E-state index < -0.39 is 10.8 Å². The molecule has 35 heavy (non-hydrogen) atoms. The normalized spacial score (nSPS) is 11.4. The maximum Gasteiger partial charge on any atom is 0.273 e. The Morgan fingerprint density at radius 1 is 1.17 bits per heavy atom. The summed E-state index contributed by atoms with van der Waals surface area (Å²) in [6.07, 6.45) is 4.39. The molecule has 0 saturated carbocycles. The highest BCUT2D eigenvalue weighted by Crippen LogP contribution is 2.31. The van der Waals surface area contributed by atoms with E-state index in [4.69, 9.17) is 4.74 Å². The first-order chi connectivity index (χ1) is 16.9. The molecule has 0 aliphatic heterocycles. The molecule has 3 aromatic carbocycles. The lowest BCUT2D eigenvalue weighted by Gasteiger charge is -2.11. The summed E-state index contributed by atoms with van der Waals surface area (Å²) in [6.45, 7) is 2.48. The standard InChI is InChI=1S/C25H19BrN4O4S/c1-2-34-21-10-6-18(7-11-21)16-27-29(25-28-22-12-9-19(26)15-23(22)35-25)24(31)13-8-17-4-3-5-20(14-17)30(32)33/h3-16H,2H2,1H3/b13-8+,27-16+. The molecular weight excluding hydrogens is 532 g/mol. The fourth-order valence-electron chi connectivity index (χ4n) is 3.10. The molecule has 0 spiro atoms. The van der Waals surface area contributed by atoms with Gasteiger partial charge in [0.2, 0.25) is 5.13 Å². The third-order valence-corrected chi connectivity index (χ3v) is 6.23. The van der Waals surface area contributed by atoms with Gasteiger partial charge in [0.15, 0.2) is 0 Å². The molecule has 10 heteroatoms. The summed E-state index contributed by atoms with van der Waals surface area (Å²) in [7, 11) is 0. The Kier molecular flexibility index (Phi) is 7.64. The largest absolute Gasteiger partial charge is 0.494 e. The highest BCUT2D eigenvalue weighted by Gasteiger charge is 2.17. The summed E-state index contributed by atoms with van der Waals surface area (Å²) in [5.41, 5.74) is 1.99. The Morgan fingerprint density at radius 3 is 2.71 bits per heavy atom. The molecule has 4 rings (SSSR count). The van der Waals surface area contributed by atoms with Gasteiger partial charge in [0.25, 0.3) is 11.6 Å². The second kappa shape index (κ2) is 11.0. The number of nitro groups is 1. The summed E-state index contributed by atoms with van der Waals surface area (Å²) in [4.78, 5) is 28.3. The molecular formula is C25H19BrN4O4S. The topological polar surface area (TPSA) is 97.9 Å². The van der Waals surface area contributed by atoms with Crippen molar-refractivity contribution < 1.29 is 14.5 Å². The van der Waals surface area contributed by atoms with Crippen molar-refractivity contribution in [3.05, 3.63) is 98.5 Å². The summed E-state index contributed by atoms with van der Waals surface area (Å²) in [6, 6.07) is 19.0. The third kappa shape index (κ3) is 6.17. The fraction of sp³-hybridized carbons (Fsp3) is 0.0800. The Morgan fingerprint density at radius 2 is 1.97 bits per heavy atom. The zero-order valence-electron chi connectivity index (χ0n) is 18.5. The van der Waals surface area contributed by atoms with Gasteiger partial charge in [0, 0.05) is 22.7 Å². The number of hydrazone groups is 1. The molecule has 0 bridgehead atoms. The van der Waals surface area contributed by atoms with E-state index in [1.807, 2.05) is 49.4 Å². The summed E-state index contributed by atoms with van der Waals surface area (Å²) >= 11 is 4.78. The van der Waals surface area contributed by atoms with Gasteiger partial charge < -0.3 is 4.74 Å². The first-order valence-electron chi connectivity index (χ1n) is 10.5. The Labute approximate surface area is 213 Å². The van der Waals surface area contributed by atoms with Crippen LogP contribution < -0.4 is 9.75 Å². The van der Waals surface area contributed by atoms with E-state index in [0.29, 0.717) is 17.3 Å². The molecule has 0 saturated heterocycles. The minimum atomic E-state index is -0.480. The third-order valence-electron chi connectivity index (χ3n) is 4.74. The zero-order valence-corrected chi connectivity index (χ0v) is 20.9. The summed E-state index contributed by atoms with van der Waals surface area (Å²) < 4.78 is 7.26. The van der Waals surface area contributed by atoms with Gasteiger partial charge in [-0.2, -0.15) is 10.1 Å². The predicted octanol–water partition coefficient (Wildman–Crippen LogP) is 6.45. The van der Waals surface area contributed by atoms with Gasteiger partial charge >= 0.3 is 0 Å². The molecule has 0 N–H and O–H groups in total. The minimum absolute atomic E-state index is 0.0540. The Bertz CT molecular complexity index is 1430. The molecule has 0 aliphatic carbocycles. The number of nitro benzene ring substituents is 1. The van der Waals surface area contributed by atoms with Crippen LogP contribution >= 0.6 is 27.3 Å². The molecule has 0 unspecified atom stereocenters. The van der Waals surface area contributed by atoms with Crippen molar-refractivity contribution >= 4 is 66.5 Å². The van der Waals surface area contributed by atoms with Crippen molar-refractivity contribution in [2.75, 3.05) is 11.6 Å². The SMILES string of the molecule is CCOc1ccc(/C=N/N(C(=O)/C=C/c2cccc([N+](=O)[O-])c2)c2nc3ccc(Br)cc3s2)cc1. The average molecular weight is 551 g/mol. The second-order valence-electron chi connectivity index (χ2n) is 7.19. The van der Waals surface area contributed by atoms with E-state index in [0.717, 1.165) is 26.0 Å². The van der Waals surface area contributed by atoms with E-state index >= 15 is 0 Å². The van der Waals surface area contributed by atoms with Gasteiger partial charge in [-0.1, -0.05) is 39.4 Å². The first-order valence-corrected chi connectivity index (χ1v) is 12.1.